The van der Waals surface area contributed by atoms with Gasteiger partial charge in [-0.15, -0.1) is 0 Å². The molecule has 0 rings (SSSR count). The van der Waals surface area contributed by atoms with Crippen molar-refractivity contribution in [3.63, 3.8) is 0 Å². The molecule has 1 atom stereocenters. The molecule has 5 nitrogen and oxygen atoms in total. The molecule has 16 heavy (non-hydrogen) atoms. The number of unbranched alkanes of at least 4 members (excludes halogenated alkanes) is 1. The zero-order valence-corrected chi connectivity index (χ0v) is 11.1. The Kier molecular flexibility index (Phi) is 6.59. The van der Waals surface area contributed by atoms with Crippen molar-refractivity contribution in [2.75, 3.05) is 25.6 Å². The number of hydrogen-bond acceptors (Lipinski definition) is 4. The van der Waals surface area contributed by atoms with E-state index in [1.54, 1.807) is 7.05 Å². The highest BCUT2D eigenvalue weighted by Gasteiger charge is 2.18. The van der Waals surface area contributed by atoms with E-state index in [0.29, 0.717) is 6.42 Å². The van der Waals surface area contributed by atoms with Gasteiger partial charge in [0.15, 0.2) is 0 Å². The topological polar surface area (TPSA) is 80.5 Å². The molecule has 0 saturated heterocycles. The Bertz CT molecular complexity index is 314. The fraction of sp³-hybridized carbons (Fsp3) is 0.900. The van der Waals surface area contributed by atoms with E-state index in [1.165, 1.54) is 4.90 Å². The van der Waals surface area contributed by atoms with E-state index >= 15 is 0 Å². The molecule has 0 heterocycles. The number of likely N-dealkylation sites (N-methyl/N-ethyl adjacent to an activating group) is 1. The summed E-state index contributed by atoms with van der Waals surface area (Å²) in [4.78, 5) is 13.1. The minimum Gasteiger partial charge on any atom is -0.343 e. The van der Waals surface area contributed by atoms with Gasteiger partial charge in [-0.3, -0.25) is 4.79 Å². The van der Waals surface area contributed by atoms with Crippen LogP contribution in [0.25, 0.3) is 0 Å². The maximum absolute atomic E-state index is 11.7. The van der Waals surface area contributed by atoms with Gasteiger partial charge in [-0.1, -0.05) is 19.8 Å². The van der Waals surface area contributed by atoms with Crippen LogP contribution >= 0.6 is 0 Å². The minimum atomic E-state index is -3.03. The largest absolute Gasteiger partial charge is 0.343 e. The van der Waals surface area contributed by atoms with Gasteiger partial charge < -0.3 is 10.6 Å². The van der Waals surface area contributed by atoms with Gasteiger partial charge in [0.05, 0.1) is 11.8 Å². The maximum atomic E-state index is 11.7. The Hall–Kier alpha value is -0.620. The first-order valence-electron chi connectivity index (χ1n) is 5.46. The molecule has 0 aromatic rings. The summed E-state index contributed by atoms with van der Waals surface area (Å²) in [5.74, 6) is -0.201. The van der Waals surface area contributed by atoms with E-state index in [1.807, 2.05) is 6.92 Å². The summed E-state index contributed by atoms with van der Waals surface area (Å²) in [6.07, 6.45) is 3.71. The summed E-state index contributed by atoms with van der Waals surface area (Å²) >= 11 is 0. The summed E-state index contributed by atoms with van der Waals surface area (Å²) < 4.78 is 21.9. The van der Waals surface area contributed by atoms with Crippen LogP contribution in [0, 0.1) is 0 Å². The average molecular weight is 250 g/mol. The van der Waals surface area contributed by atoms with Gasteiger partial charge in [0.2, 0.25) is 5.91 Å². The van der Waals surface area contributed by atoms with Crippen molar-refractivity contribution in [2.24, 2.45) is 5.73 Å². The molecule has 2 N–H and O–H groups in total. The Labute approximate surface area is 97.9 Å². The van der Waals surface area contributed by atoms with Crippen molar-refractivity contribution >= 4 is 15.7 Å². The van der Waals surface area contributed by atoms with Crippen LogP contribution in [0.15, 0.2) is 0 Å². The highest BCUT2D eigenvalue weighted by atomic mass is 32.2. The lowest BCUT2D eigenvalue weighted by Crippen LogP contribution is -2.43. The molecular formula is C10H22N2O3S. The van der Waals surface area contributed by atoms with Crippen LogP contribution in [-0.2, 0) is 14.6 Å². The lowest BCUT2D eigenvalue weighted by atomic mass is 10.1. The predicted molar refractivity (Wildman–Crippen MR) is 64.8 cm³/mol. The molecule has 1 unspecified atom stereocenters. The third-order valence-corrected chi connectivity index (χ3v) is 3.28. The SMILES string of the molecule is CCCCC(N)C(=O)N(C)CCS(C)(=O)=O. The average Bonchev–Trinajstić information content (AvgIpc) is 2.20. The van der Waals surface area contributed by atoms with E-state index < -0.39 is 15.9 Å². The zero-order valence-electron chi connectivity index (χ0n) is 10.3. The number of sulfone groups is 1. The molecule has 0 bridgehead atoms. The fourth-order valence-corrected chi connectivity index (χ4v) is 1.85. The summed E-state index contributed by atoms with van der Waals surface area (Å²) in [5.41, 5.74) is 5.70. The summed E-state index contributed by atoms with van der Waals surface area (Å²) in [6.45, 7) is 2.24. The monoisotopic (exact) mass is 250 g/mol. The van der Waals surface area contributed by atoms with Crippen molar-refractivity contribution in [1.82, 2.24) is 4.90 Å². The second-order valence-electron chi connectivity index (χ2n) is 4.14. The number of carbonyl (C=O) groups excluding carboxylic acids is 1. The van der Waals surface area contributed by atoms with Gasteiger partial charge >= 0.3 is 0 Å². The first-order chi connectivity index (χ1) is 7.28. The number of hydrogen-bond donors (Lipinski definition) is 1. The van der Waals surface area contributed by atoms with Gasteiger partial charge in [0.25, 0.3) is 0 Å². The first kappa shape index (κ1) is 15.4. The quantitative estimate of drug-likeness (QED) is 0.690. The normalized spacial score (nSPS) is 13.5. The van der Waals surface area contributed by atoms with Crippen molar-refractivity contribution < 1.29 is 13.2 Å². The van der Waals surface area contributed by atoms with Crippen LogP contribution in [0.2, 0.25) is 0 Å². The molecule has 0 aliphatic carbocycles. The first-order valence-corrected chi connectivity index (χ1v) is 7.52. The molecule has 0 radical (unpaired) electrons. The van der Waals surface area contributed by atoms with Crippen LogP contribution in [0.4, 0.5) is 0 Å². The molecular weight excluding hydrogens is 228 g/mol. The van der Waals surface area contributed by atoms with Gasteiger partial charge in [-0.25, -0.2) is 8.42 Å². The van der Waals surface area contributed by atoms with E-state index in [0.717, 1.165) is 19.1 Å². The maximum Gasteiger partial charge on any atom is 0.239 e. The fourth-order valence-electron chi connectivity index (χ4n) is 1.24. The third kappa shape index (κ3) is 6.79. The van der Waals surface area contributed by atoms with Crippen LogP contribution in [0.5, 0.6) is 0 Å². The molecule has 0 aliphatic rings. The Morgan fingerprint density at radius 3 is 2.44 bits per heavy atom. The molecule has 0 spiro atoms. The Morgan fingerprint density at radius 1 is 1.44 bits per heavy atom. The summed E-state index contributed by atoms with van der Waals surface area (Å²) in [5, 5.41) is 0. The van der Waals surface area contributed by atoms with E-state index in [-0.39, 0.29) is 18.2 Å². The molecule has 6 heteroatoms. The number of carbonyl (C=O) groups is 1. The van der Waals surface area contributed by atoms with E-state index in [9.17, 15) is 13.2 Å². The molecule has 96 valence electrons. The van der Waals surface area contributed by atoms with Gasteiger partial charge in [0.1, 0.15) is 9.84 Å². The number of nitrogens with two attached hydrogens (primary N) is 1. The van der Waals surface area contributed by atoms with Gasteiger partial charge in [0, 0.05) is 19.8 Å². The molecule has 0 aromatic carbocycles. The highest BCUT2D eigenvalue weighted by Crippen LogP contribution is 2.01. The molecule has 0 saturated carbocycles. The van der Waals surface area contributed by atoms with E-state index in [2.05, 4.69) is 0 Å². The third-order valence-electron chi connectivity index (χ3n) is 2.36. The second-order valence-corrected chi connectivity index (χ2v) is 6.40. The molecule has 1 amide bonds. The summed E-state index contributed by atoms with van der Waals surface area (Å²) in [6, 6.07) is -0.510. The Balaban J connectivity index is 4.07. The van der Waals surface area contributed by atoms with Crippen molar-refractivity contribution in [2.45, 2.75) is 32.2 Å². The number of nitrogens with zero attached hydrogens (tertiary/aromatic N) is 1. The second kappa shape index (κ2) is 6.85. The van der Waals surface area contributed by atoms with Gasteiger partial charge in [-0.05, 0) is 6.42 Å². The van der Waals surface area contributed by atoms with Crippen LogP contribution < -0.4 is 5.73 Å². The van der Waals surface area contributed by atoms with Crippen molar-refractivity contribution in [1.29, 1.82) is 0 Å². The van der Waals surface area contributed by atoms with Crippen LogP contribution in [0.3, 0.4) is 0 Å². The standard InChI is InChI=1S/C10H22N2O3S/c1-4-5-6-9(11)10(13)12(2)7-8-16(3,14)15/h9H,4-8,11H2,1-3H3. The number of amides is 1. The molecule has 0 fully saturated rings. The zero-order chi connectivity index (χ0) is 12.8. The Morgan fingerprint density at radius 2 is 2.00 bits per heavy atom. The molecule has 0 aromatic heterocycles. The highest BCUT2D eigenvalue weighted by molar-refractivity contribution is 7.90. The van der Waals surface area contributed by atoms with Crippen molar-refractivity contribution in [3.05, 3.63) is 0 Å². The van der Waals surface area contributed by atoms with E-state index in [4.69, 9.17) is 5.73 Å². The lowest BCUT2D eigenvalue weighted by molar-refractivity contribution is -0.131. The lowest BCUT2D eigenvalue weighted by Gasteiger charge is -2.20. The van der Waals surface area contributed by atoms with Gasteiger partial charge in [-0.2, -0.15) is 0 Å². The number of rotatable bonds is 7. The van der Waals surface area contributed by atoms with Crippen LogP contribution in [-0.4, -0.2) is 50.9 Å². The smallest absolute Gasteiger partial charge is 0.239 e. The summed E-state index contributed by atoms with van der Waals surface area (Å²) in [7, 11) is -1.45. The predicted octanol–water partition coefficient (Wildman–Crippen LogP) is 0.00690. The van der Waals surface area contributed by atoms with Crippen molar-refractivity contribution in [3.8, 4) is 0 Å². The molecule has 0 aliphatic heterocycles. The minimum absolute atomic E-state index is 0.0181. The van der Waals surface area contributed by atoms with Crippen LogP contribution in [0.1, 0.15) is 26.2 Å².